The fourth-order valence-corrected chi connectivity index (χ4v) is 3.53. The minimum Gasteiger partial charge on any atom is -0.380 e. The van der Waals surface area contributed by atoms with E-state index in [2.05, 4.69) is 85.5 Å². The summed E-state index contributed by atoms with van der Waals surface area (Å²) in [6.07, 6.45) is 3.97. The third kappa shape index (κ3) is 4.25. The molecule has 2 nitrogen and oxygen atoms in total. The predicted molar refractivity (Wildman–Crippen MR) is 108 cm³/mol. The Morgan fingerprint density at radius 3 is 1.38 bits per heavy atom. The van der Waals surface area contributed by atoms with Crippen molar-refractivity contribution in [3.8, 4) is 0 Å². The van der Waals surface area contributed by atoms with E-state index in [4.69, 9.17) is 0 Å². The molecule has 2 aliphatic carbocycles. The number of hydrogen-bond donors (Lipinski definition) is 0. The molecule has 0 saturated heterocycles. The van der Waals surface area contributed by atoms with Gasteiger partial charge < -0.3 is 4.90 Å². The van der Waals surface area contributed by atoms with Crippen LogP contribution in [0.3, 0.4) is 0 Å². The third-order valence-corrected chi connectivity index (χ3v) is 6.08. The molecule has 0 atom stereocenters. The van der Waals surface area contributed by atoms with Gasteiger partial charge >= 0.3 is 0 Å². The molecule has 2 fully saturated rings. The Morgan fingerprint density at radius 2 is 1.00 bits per heavy atom. The van der Waals surface area contributed by atoms with Gasteiger partial charge in [-0.25, -0.2) is 0 Å². The maximum atomic E-state index is 4.48. The zero-order valence-corrected chi connectivity index (χ0v) is 19.0. The van der Waals surface area contributed by atoms with Gasteiger partial charge in [0.2, 0.25) is 0 Å². The summed E-state index contributed by atoms with van der Waals surface area (Å²) in [6.45, 7) is 17.5. The number of fused-ring (bicyclic) bond motifs is 1. The fourth-order valence-electron chi connectivity index (χ4n) is 3.53. The van der Waals surface area contributed by atoms with Gasteiger partial charge in [0.05, 0.1) is 5.92 Å². The third-order valence-electron chi connectivity index (χ3n) is 6.08. The second-order valence-corrected chi connectivity index (χ2v) is 7.45. The average Bonchev–Trinajstić information content (AvgIpc) is 2.91. The van der Waals surface area contributed by atoms with Crippen LogP contribution >= 0.6 is 0 Å². The van der Waals surface area contributed by atoms with Gasteiger partial charge in [0.15, 0.2) is 0 Å². The number of nitrogens with zero attached hydrogens (tertiary/aromatic N) is 2. The van der Waals surface area contributed by atoms with Gasteiger partial charge in [0.25, 0.3) is 0 Å². The van der Waals surface area contributed by atoms with Gasteiger partial charge in [0.1, 0.15) is 6.04 Å². The smallest absolute Gasteiger partial charge is 0.106 e. The molecule has 10 radical (unpaired) electrons. The van der Waals surface area contributed by atoms with Crippen molar-refractivity contribution in [2.45, 2.75) is 55.4 Å². The summed E-state index contributed by atoms with van der Waals surface area (Å²) in [4.78, 5) is 6.63. The molecule has 26 heavy (non-hydrogen) atoms. The van der Waals surface area contributed by atoms with Crippen molar-refractivity contribution < 1.29 is 17.1 Å². The normalized spacial score (nSPS) is 25.8. The molecule has 0 N–H and O–H groups in total. The molecule has 3 heteroatoms. The van der Waals surface area contributed by atoms with E-state index in [0.29, 0.717) is 0 Å². The van der Waals surface area contributed by atoms with E-state index in [0.717, 1.165) is 6.04 Å². The first-order valence-electron chi connectivity index (χ1n) is 8.97. The van der Waals surface area contributed by atoms with Crippen molar-refractivity contribution in [3.63, 3.8) is 0 Å². The van der Waals surface area contributed by atoms with E-state index in [1.54, 1.807) is 0 Å². The standard InChI is InChI=1S/C13H17N2.C10H15.Fe/c1-8-9(2)12-11(15(4)5)6-7-14-13(12)10(8)3;1-6-7(2)9(4)10(5)8(6)3;/h6-7H,1-5H3;1-5H3;. The quantitative estimate of drug-likeness (QED) is 0.547. The molecule has 0 unspecified atom stereocenters. The Kier molecular flexibility index (Phi) is 8.49. The maximum Gasteiger partial charge on any atom is 0.106 e. The Morgan fingerprint density at radius 1 is 0.615 bits per heavy atom. The minimum atomic E-state index is 0. The van der Waals surface area contributed by atoms with Crippen LogP contribution in [0.4, 0.5) is 0 Å². The van der Waals surface area contributed by atoms with Crippen LogP contribution < -0.4 is 0 Å². The Balaban J connectivity index is 0.000000270. The van der Waals surface area contributed by atoms with Gasteiger partial charge in [-0.3, -0.25) is 4.99 Å². The van der Waals surface area contributed by atoms with Crippen LogP contribution in [0.1, 0.15) is 55.4 Å². The largest absolute Gasteiger partial charge is 0.380 e. The minimum absolute atomic E-state index is 0. The van der Waals surface area contributed by atoms with E-state index < -0.39 is 0 Å². The second kappa shape index (κ2) is 9.28. The van der Waals surface area contributed by atoms with E-state index in [1.807, 2.05) is 6.21 Å². The van der Waals surface area contributed by atoms with Crippen molar-refractivity contribution in [2.24, 2.45) is 4.99 Å². The van der Waals surface area contributed by atoms with Gasteiger partial charge in [-0.2, -0.15) is 0 Å². The van der Waals surface area contributed by atoms with Crippen LogP contribution in [0.2, 0.25) is 0 Å². The van der Waals surface area contributed by atoms with E-state index >= 15 is 0 Å². The molecule has 0 amide bonds. The summed E-state index contributed by atoms with van der Waals surface area (Å²) in [5.74, 6) is 12.7. The van der Waals surface area contributed by atoms with Crippen LogP contribution in [-0.4, -0.2) is 25.2 Å². The first-order chi connectivity index (χ1) is 11.6. The predicted octanol–water partition coefficient (Wildman–Crippen LogP) is 5.39. The molecule has 142 valence electrons. The fraction of sp³-hybridized carbons (Fsp3) is 0.435. The summed E-state index contributed by atoms with van der Waals surface area (Å²) in [5, 5.41) is 0. The Hall–Kier alpha value is -0.271. The first kappa shape index (κ1) is 23.8. The SMILES string of the molecule is C[C]1[C](C)[C](C)[C](C)[C]1C.C[C]1[C](C)[C]2N=CC=C(N(C)C)[C]2[C]1C.[Fe]. The Bertz CT molecular complexity index is 468. The molecular formula is C23H32FeN2. The maximum absolute atomic E-state index is 4.48. The molecule has 0 spiro atoms. The number of dihydropyridines is 1. The molecule has 0 bridgehead atoms. The molecule has 2 saturated carbocycles. The van der Waals surface area contributed by atoms with Crippen molar-refractivity contribution in [1.82, 2.24) is 4.90 Å². The number of hydrogen-bond acceptors (Lipinski definition) is 2. The topological polar surface area (TPSA) is 15.6 Å². The number of allylic oxidation sites excluding steroid dienone is 1. The first-order valence-corrected chi connectivity index (χ1v) is 8.97. The van der Waals surface area contributed by atoms with E-state index in [-0.39, 0.29) is 17.1 Å². The zero-order valence-electron chi connectivity index (χ0n) is 17.9. The second-order valence-electron chi connectivity index (χ2n) is 7.45. The summed E-state index contributed by atoms with van der Waals surface area (Å²) in [5.41, 5.74) is 1.26. The van der Waals surface area contributed by atoms with Crippen molar-refractivity contribution >= 4 is 6.21 Å². The molecule has 1 aliphatic heterocycles. The van der Waals surface area contributed by atoms with Gasteiger partial charge in [-0.1, -0.05) is 55.4 Å². The molecular weight excluding hydrogens is 360 g/mol. The summed E-state index contributed by atoms with van der Waals surface area (Å²) in [7, 11) is 4.15. The number of rotatable bonds is 1. The van der Waals surface area contributed by atoms with Crippen LogP contribution in [-0.2, 0) is 17.1 Å². The van der Waals surface area contributed by atoms with Crippen molar-refractivity contribution in [3.05, 3.63) is 71.1 Å². The van der Waals surface area contributed by atoms with Gasteiger partial charge in [-0.15, -0.1) is 0 Å². The molecule has 0 aromatic heterocycles. The molecule has 0 aromatic rings. The molecule has 1 heterocycles. The summed E-state index contributed by atoms with van der Waals surface area (Å²) >= 11 is 0. The van der Waals surface area contributed by atoms with Crippen LogP contribution in [0.5, 0.6) is 0 Å². The zero-order chi connectivity index (χ0) is 19.0. The summed E-state index contributed by atoms with van der Waals surface area (Å²) < 4.78 is 0. The van der Waals surface area contributed by atoms with Crippen LogP contribution in [0, 0.1) is 59.3 Å². The van der Waals surface area contributed by atoms with E-state index in [1.165, 1.54) is 59.0 Å². The van der Waals surface area contributed by atoms with E-state index in [9.17, 15) is 0 Å². The summed E-state index contributed by atoms with van der Waals surface area (Å²) in [6, 6.07) is 1.15. The van der Waals surface area contributed by atoms with Gasteiger partial charge in [-0.05, 0) is 47.5 Å². The molecule has 0 aromatic carbocycles. The average molecular weight is 392 g/mol. The van der Waals surface area contributed by atoms with Crippen molar-refractivity contribution in [1.29, 1.82) is 0 Å². The molecule has 3 aliphatic rings. The Labute approximate surface area is 173 Å². The van der Waals surface area contributed by atoms with Crippen LogP contribution in [0.25, 0.3) is 0 Å². The molecule has 3 rings (SSSR count). The van der Waals surface area contributed by atoms with Crippen LogP contribution in [0.15, 0.2) is 16.8 Å². The van der Waals surface area contributed by atoms with Crippen molar-refractivity contribution in [2.75, 3.05) is 14.1 Å². The van der Waals surface area contributed by atoms with Gasteiger partial charge in [0, 0.05) is 49.0 Å². The number of aliphatic imine (C=N–C) groups is 1. The monoisotopic (exact) mass is 392 g/mol.